The first-order chi connectivity index (χ1) is 9.76. The summed E-state index contributed by atoms with van der Waals surface area (Å²) in [6.07, 6.45) is 0. The zero-order chi connectivity index (χ0) is 15.5. The van der Waals surface area contributed by atoms with E-state index in [0.717, 1.165) is 0 Å². The van der Waals surface area contributed by atoms with E-state index in [1.54, 1.807) is 54.6 Å². The monoisotopic (exact) mass is 305 g/mol. The number of nitrogens with one attached hydrogen (secondary N) is 1. The lowest BCUT2D eigenvalue weighted by Gasteiger charge is -2.21. The largest absolute Gasteiger partial charge is 0.488 e. The average molecular weight is 305 g/mol. The van der Waals surface area contributed by atoms with Gasteiger partial charge in [0.05, 0.1) is 4.90 Å². The average Bonchev–Trinajstić information content (AvgIpc) is 2.40. The first kappa shape index (κ1) is 15.4. The summed E-state index contributed by atoms with van der Waals surface area (Å²) in [7, 11) is -3.55. The predicted molar refractivity (Wildman–Crippen MR) is 84.1 cm³/mol. The minimum absolute atomic E-state index is 0.236. The molecule has 0 aliphatic heterocycles. The molecule has 0 fully saturated rings. The Labute approximate surface area is 125 Å². The molecule has 4 nitrogen and oxygen atoms in total. The van der Waals surface area contributed by atoms with Gasteiger partial charge in [0.15, 0.2) is 0 Å². The summed E-state index contributed by atoms with van der Waals surface area (Å²) in [5.74, 6) is 0.699. The van der Waals surface area contributed by atoms with E-state index in [1.807, 2.05) is 20.8 Å². The molecule has 5 heteroatoms. The highest BCUT2D eigenvalue weighted by Crippen LogP contribution is 2.22. The summed E-state index contributed by atoms with van der Waals surface area (Å²) >= 11 is 0. The van der Waals surface area contributed by atoms with E-state index in [2.05, 4.69) is 4.72 Å². The smallest absolute Gasteiger partial charge is 0.261 e. The molecular weight excluding hydrogens is 286 g/mol. The van der Waals surface area contributed by atoms with Crippen LogP contribution in [-0.2, 0) is 10.0 Å². The summed E-state index contributed by atoms with van der Waals surface area (Å²) in [5, 5.41) is 0. The molecule has 0 unspecified atom stereocenters. The van der Waals surface area contributed by atoms with Gasteiger partial charge in [0.1, 0.15) is 11.4 Å². The molecule has 21 heavy (non-hydrogen) atoms. The number of sulfonamides is 1. The normalized spacial score (nSPS) is 12.0. The molecule has 1 N–H and O–H groups in total. The first-order valence-corrected chi connectivity index (χ1v) is 8.12. The van der Waals surface area contributed by atoms with E-state index >= 15 is 0 Å². The second kappa shape index (κ2) is 5.77. The van der Waals surface area contributed by atoms with Crippen molar-refractivity contribution in [1.82, 2.24) is 0 Å². The van der Waals surface area contributed by atoms with Crippen LogP contribution in [0.25, 0.3) is 0 Å². The number of ether oxygens (including phenoxy) is 1. The fraction of sp³-hybridized carbons (Fsp3) is 0.250. The van der Waals surface area contributed by atoms with Gasteiger partial charge >= 0.3 is 0 Å². The van der Waals surface area contributed by atoms with E-state index in [1.165, 1.54) is 0 Å². The Kier molecular flexibility index (Phi) is 4.23. The molecule has 0 bridgehead atoms. The van der Waals surface area contributed by atoms with E-state index in [0.29, 0.717) is 11.4 Å². The molecule has 0 heterocycles. The van der Waals surface area contributed by atoms with Crippen LogP contribution in [0, 0.1) is 0 Å². The highest BCUT2D eigenvalue weighted by atomic mass is 32.2. The van der Waals surface area contributed by atoms with Crippen molar-refractivity contribution in [2.75, 3.05) is 4.72 Å². The van der Waals surface area contributed by atoms with Crippen molar-refractivity contribution in [3.63, 3.8) is 0 Å². The van der Waals surface area contributed by atoms with Gasteiger partial charge in [-0.05, 0) is 57.2 Å². The lowest BCUT2D eigenvalue weighted by Crippen LogP contribution is -2.22. The Morgan fingerprint density at radius 3 is 2.00 bits per heavy atom. The van der Waals surface area contributed by atoms with Crippen molar-refractivity contribution in [2.45, 2.75) is 31.3 Å². The SMILES string of the molecule is CC(C)(C)Oc1ccc(NS(=O)(=O)c2ccccc2)cc1. The van der Waals surface area contributed by atoms with E-state index in [9.17, 15) is 8.42 Å². The van der Waals surface area contributed by atoms with Gasteiger partial charge < -0.3 is 4.74 Å². The molecule has 0 saturated carbocycles. The maximum absolute atomic E-state index is 12.2. The van der Waals surface area contributed by atoms with Crippen molar-refractivity contribution in [2.24, 2.45) is 0 Å². The van der Waals surface area contributed by atoms with Gasteiger partial charge in [-0.2, -0.15) is 0 Å². The van der Waals surface area contributed by atoms with Gasteiger partial charge in [-0.3, -0.25) is 4.72 Å². The van der Waals surface area contributed by atoms with Crippen molar-refractivity contribution >= 4 is 15.7 Å². The molecule has 0 aliphatic carbocycles. The quantitative estimate of drug-likeness (QED) is 0.937. The molecule has 0 atom stereocenters. The molecule has 0 spiro atoms. The van der Waals surface area contributed by atoms with Crippen LogP contribution >= 0.6 is 0 Å². The third kappa shape index (κ3) is 4.49. The van der Waals surface area contributed by atoms with Crippen molar-refractivity contribution in [1.29, 1.82) is 0 Å². The zero-order valence-corrected chi connectivity index (χ0v) is 13.1. The number of hydrogen-bond donors (Lipinski definition) is 1. The lowest BCUT2D eigenvalue weighted by atomic mass is 10.2. The van der Waals surface area contributed by atoms with Crippen LogP contribution in [0.15, 0.2) is 59.5 Å². The van der Waals surface area contributed by atoms with Crippen molar-refractivity contribution < 1.29 is 13.2 Å². The van der Waals surface area contributed by atoms with Crippen molar-refractivity contribution in [3.05, 3.63) is 54.6 Å². The van der Waals surface area contributed by atoms with Crippen LogP contribution in [0.1, 0.15) is 20.8 Å². The third-order valence-electron chi connectivity index (χ3n) is 2.58. The molecular formula is C16H19NO3S. The Morgan fingerprint density at radius 2 is 1.48 bits per heavy atom. The zero-order valence-electron chi connectivity index (χ0n) is 12.3. The van der Waals surface area contributed by atoms with Gasteiger partial charge in [0, 0.05) is 5.69 Å². The number of hydrogen-bond acceptors (Lipinski definition) is 3. The third-order valence-corrected chi connectivity index (χ3v) is 3.98. The second-order valence-electron chi connectivity index (χ2n) is 5.66. The van der Waals surface area contributed by atoms with Crippen molar-refractivity contribution in [3.8, 4) is 5.75 Å². The molecule has 0 saturated heterocycles. The van der Waals surface area contributed by atoms with Gasteiger partial charge in [-0.15, -0.1) is 0 Å². The van der Waals surface area contributed by atoms with Crippen LogP contribution in [0.4, 0.5) is 5.69 Å². The molecule has 0 aromatic heterocycles. The lowest BCUT2D eigenvalue weighted by molar-refractivity contribution is 0.131. The second-order valence-corrected chi connectivity index (χ2v) is 7.34. The number of anilines is 1. The van der Waals surface area contributed by atoms with E-state index in [-0.39, 0.29) is 10.5 Å². The van der Waals surface area contributed by atoms with Gasteiger partial charge in [-0.25, -0.2) is 8.42 Å². The maximum atomic E-state index is 12.2. The van der Waals surface area contributed by atoms with E-state index in [4.69, 9.17) is 4.74 Å². The molecule has 2 aromatic carbocycles. The molecule has 2 rings (SSSR count). The summed E-state index contributed by atoms with van der Waals surface area (Å²) in [5.41, 5.74) is 0.213. The summed E-state index contributed by atoms with van der Waals surface area (Å²) in [4.78, 5) is 0.236. The highest BCUT2D eigenvalue weighted by molar-refractivity contribution is 7.92. The molecule has 2 aromatic rings. The molecule has 0 aliphatic rings. The first-order valence-electron chi connectivity index (χ1n) is 6.63. The Hall–Kier alpha value is -2.01. The number of rotatable bonds is 4. The van der Waals surface area contributed by atoms with Crippen LogP contribution < -0.4 is 9.46 Å². The van der Waals surface area contributed by atoms with Gasteiger partial charge in [0.25, 0.3) is 10.0 Å². The summed E-state index contributed by atoms with van der Waals surface area (Å²) in [6.45, 7) is 5.87. The molecule has 0 radical (unpaired) electrons. The van der Waals surface area contributed by atoms with Crippen LogP contribution in [0.2, 0.25) is 0 Å². The van der Waals surface area contributed by atoms with Crippen LogP contribution in [0.5, 0.6) is 5.75 Å². The minimum Gasteiger partial charge on any atom is -0.488 e. The fourth-order valence-corrected chi connectivity index (χ4v) is 2.84. The standard InChI is InChI=1S/C16H19NO3S/c1-16(2,3)20-14-11-9-13(10-12-14)17-21(18,19)15-7-5-4-6-8-15/h4-12,17H,1-3H3. The van der Waals surface area contributed by atoms with Gasteiger partial charge in [0.2, 0.25) is 0 Å². The minimum atomic E-state index is -3.55. The number of benzene rings is 2. The summed E-state index contributed by atoms with van der Waals surface area (Å²) < 4.78 is 32.6. The molecule has 112 valence electrons. The maximum Gasteiger partial charge on any atom is 0.261 e. The Bertz CT molecular complexity index is 687. The topological polar surface area (TPSA) is 55.4 Å². The molecule has 0 amide bonds. The highest BCUT2D eigenvalue weighted by Gasteiger charge is 2.14. The Balaban J connectivity index is 2.14. The predicted octanol–water partition coefficient (Wildman–Crippen LogP) is 3.66. The summed E-state index contributed by atoms with van der Waals surface area (Å²) in [6, 6.07) is 15.1. The van der Waals surface area contributed by atoms with E-state index < -0.39 is 10.0 Å². The van der Waals surface area contributed by atoms with Crippen LogP contribution in [0.3, 0.4) is 0 Å². The fourth-order valence-electron chi connectivity index (χ4n) is 1.76. The van der Waals surface area contributed by atoms with Gasteiger partial charge in [-0.1, -0.05) is 18.2 Å². The van der Waals surface area contributed by atoms with Crippen LogP contribution in [-0.4, -0.2) is 14.0 Å². The Morgan fingerprint density at radius 1 is 0.905 bits per heavy atom.